The maximum Gasteiger partial charge on any atom is 0.266 e. The van der Waals surface area contributed by atoms with Gasteiger partial charge >= 0.3 is 0 Å². The molecule has 2 aromatic heterocycles. The highest BCUT2D eigenvalue weighted by Gasteiger charge is 2.03. The van der Waals surface area contributed by atoms with E-state index in [9.17, 15) is 9.59 Å². The highest BCUT2D eigenvalue weighted by atomic mass is 16.5. The fourth-order valence-electron chi connectivity index (χ4n) is 1.56. The maximum absolute atomic E-state index is 11.5. The molecule has 2 heterocycles. The van der Waals surface area contributed by atoms with Crippen LogP contribution in [0.1, 0.15) is 11.1 Å². The summed E-state index contributed by atoms with van der Waals surface area (Å²) in [6, 6.07) is 6.96. The number of nitrogens with zero attached hydrogens (tertiary/aromatic N) is 4. The fourth-order valence-corrected chi connectivity index (χ4v) is 1.56. The van der Waals surface area contributed by atoms with E-state index < -0.39 is 11.8 Å². The number of carbonyl (C=O) groups excluding carboxylic acids is 2. The molecule has 25 heavy (non-hydrogen) atoms. The van der Waals surface area contributed by atoms with Gasteiger partial charge in [0.25, 0.3) is 11.8 Å². The molecular formula is C16H16N6O3. The molecule has 0 radical (unpaired) electrons. The van der Waals surface area contributed by atoms with E-state index in [2.05, 4.69) is 31.0 Å². The molecule has 0 spiro atoms. The summed E-state index contributed by atoms with van der Waals surface area (Å²) in [4.78, 5) is 30.7. The van der Waals surface area contributed by atoms with Gasteiger partial charge in [-0.3, -0.25) is 19.6 Å². The Bertz CT molecular complexity index is 671. The van der Waals surface area contributed by atoms with Gasteiger partial charge in [0.05, 0.1) is 12.4 Å². The van der Waals surface area contributed by atoms with Gasteiger partial charge in [-0.25, -0.2) is 10.9 Å². The van der Waals surface area contributed by atoms with Crippen molar-refractivity contribution in [2.75, 3.05) is 13.2 Å². The van der Waals surface area contributed by atoms with E-state index in [1.54, 1.807) is 49.1 Å². The third-order valence-electron chi connectivity index (χ3n) is 2.68. The second kappa shape index (κ2) is 10.3. The lowest BCUT2D eigenvalue weighted by molar-refractivity contribution is -0.130. The third-order valence-corrected chi connectivity index (χ3v) is 2.68. The molecule has 2 amide bonds. The van der Waals surface area contributed by atoms with Crippen LogP contribution in [0.3, 0.4) is 0 Å². The zero-order valence-electron chi connectivity index (χ0n) is 13.2. The predicted molar refractivity (Wildman–Crippen MR) is 90.8 cm³/mol. The van der Waals surface area contributed by atoms with Crippen molar-refractivity contribution in [2.45, 2.75) is 0 Å². The number of pyridine rings is 2. The first kappa shape index (κ1) is 17.9. The minimum Gasteiger partial charge on any atom is -0.362 e. The lowest BCUT2D eigenvalue weighted by atomic mass is 10.3. The molecule has 2 rings (SSSR count). The van der Waals surface area contributed by atoms with Gasteiger partial charge in [0.1, 0.15) is 13.2 Å². The molecule has 0 atom stereocenters. The van der Waals surface area contributed by atoms with Crippen molar-refractivity contribution < 1.29 is 14.3 Å². The third kappa shape index (κ3) is 7.57. The summed E-state index contributed by atoms with van der Waals surface area (Å²) < 4.78 is 4.97. The van der Waals surface area contributed by atoms with E-state index >= 15 is 0 Å². The van der Waals surface area contributed by atoms with Crippen LogP contribution in [0, 0.1) is 0 Å². The maximum atomic E-state index is 11.5. The Morgan fingerprint density at radius 3 is 1.64 bits per heavy atom. The molecule has 0 fully saturated rings. The van der Waals surface area contributed by atoms with Crippen LogP contribution in [0.5, 0.6) is 0 Å². The fraction of sp³-hybridized carbons (Fsp3) is 0.125. The number of amides is 2. The first-order valence-electron chi connectivity index (χ1n) is 7.25. The molecular weight excluding hydrogens is 324 g/mol. The molecule has 0 unspecified atom stereocenters. The monoisotopic (exact) mass is 340 g/mol. The number of hydrogen-bond donors (Lipinski definition) is 2. The molecule has 0 aliphatic rings. The Morgan fingerprint density at radius 2 is 1.24 bits per heavy atom. The van der Waals surface area contributed by atoms with Crippen molar-refractivity contribution >= 4 is 24.2 Å². The number of ether oxygens (including phenoxy) is 1. The van der Waals surface area contributed by atoms with Gasteiger partial charge in [-0.1, -0.05) is 0 Å². The molecule has 0 aromatic carbocycles. The average Bonchev–Trinajstić information content (AvgIpc) is 2.63. The summed E-state index contributed by atoms with van der Waals surface area (Å²) in [6.07, 6.45) is 9.40. The summed E-state index contributed by atoms with van der Waals surface area (Å²) in [6.45, 7) is -0.593. The molecule has 0 bridgehead atoms. The van der Waals surface area contributed by atoms with Crippen molar-refractivity contribution in [3.8, 4) is 0 Å². The summed E-state index contributed by atoms with van der Waals surface area (Å²) >= 11 is 0. The van der Waals surface area contributed by atoms with Gasteiger partial charge in [-0.15, -0.1) is 0 Å². The zero-order valence-corrected chi connectivity index (χ0v) is 13.2. The molecule has 9 nitrogen and oxygen atoms in total. The summed E-state index contributed by atoms with van der Waals surface area (Å²) in [5.74, 6) is -0.947. The molecule has 0 aliphatic heterocycles. The largest absolute Gasteiger partial charge is 0.362 e. The lowest BCUT2D eigenvalue weighted by Gasteiger charge is -2.02. The van der Waals surface area contributed by atoms with Gasteiger partial charge in [0.2, 0.25) is 0 Å². The Hall–Kier alpha value is -3.46. The van der Waals surface area contributed by atoms with E-state index in [0.29, 0.717) is 0 Å². The van der Waals surface area contributed by atoms with Gasteiger partial charge in [0.15, 0.2) is 0 Å². The molecule has 128 valence electrons. The highest BCUT2D eigenvalue weighted by molar-refractivity contribution is 5.84. The van der Waals surface area contributed by atoms with Crippen molar-refractivity contribution in [1.29, 1.82) is 0 Å². The van der Waals surface area contributed by atoms with Crippen LogP contribution in [-0.4, -0.2) is 47.4 Å². The van der Waals surface area contributed by atoms with Crippen LogP contribution in [0.4, 0.5) is 0 Å². The summed E-state index contributed by atoms with van der Waals surface area (Å²) in [7, 11) is 0. The highest BCUT2D eigenvalue weighted by Crippen LogP contribution is 1.91. The number of hydrazone groups is 2. The van der Waals surface area contributed by atoms with Gasteiger partial charge in [-0.2, -0.15) is 10.2 Å². The van der Waals surface area contributed by atoms with Crippen LogP contribution in [-0.2, 0) is 14.3 Å². The van der Waals surface area contributed by atoms with E-state index in [4.69, 9.17) is 4.74 Å². The van der Waals surface area contributed by atoms with Gasteiger partial charge in [0, 0.05) is 24.8 Å². The predicted octanol–water partition coefficient (Wildman–Crippen LogP) is 0.0936. The number of carbonyl (C=O) groups is 2. The number of hydrogen-bond acceptors (Lipinski definition) is 7. The van der Waals surface area contributed by atoms with Crippen LogP contribution < -0.4 is 10.9 Å². The second-order valence-electron chi connectivity index (χ2n) is 4.64. The molecule has 2 aromatic rings. The first-order valence-corrected chi connectivity index (χ1v) is 7.25. The SMILES string of the molecule is O=C(COCC(=O)N/N=C/c1ccncc1)N/N=C\c1ccncc1. The zero-order chi connectivity index (χ0) is 17.7. The molecule has 9 heteroatoms. The Balaban J connectivity index is 1.59. The van der Waals surface area contributed by atoms with Gasteiger partial charge < -0.3 is 4.74 Å². The van der Waals surface area contributed by atoms with Crippen molar-refractivity contribution in [1.82, 2.24) is 20.8 Å². The van der Waals surface area contributed by atoms with Crippen LogP contribution in [0.2, 0.25) is 0 Å². The minimum absolute atomic E-state index is 0.296. The minimum atomic E-state index is -0.474. The van der Waals surface area contributed by atoms with Crippen LogP contribution in [0.15, 0.2) is 59.3 Å². The topological polar surface area (TPSA) is 118 Å². The molecule has 0 saturated heterocycles. The van der Waals surface area contributed by atoms with E-state index in [1.807, 2.05) is 0 Å². The van der Waals surface area contributed by atoms with E-state index in [-0.39, 0.29) is 13.2 Å². The smallest absolute Gasteiger partial charge is 0.266 e. The van der Waals surface area contributed by atoms with Gasteiger partial charge in [-0.05, 0) is 35.4 Å². The van der Waals surface area contributed by atoms with Crippen molar-refractivity contribution in [2.24, 2.45) is 10.2 Å². The molecule has 0 aliphatic carbocycles. The van der Waals surface area contributed by atoms with Crippen LogP contribution in [0.25, 0.3) is 0 Å². The average molecular weight is 340 g/mol. The van der Waals surface area contributed by atoms with Crippen molar-refractivity contribution in [3.63, 3.8) is 0 Å². The van der Waals surface area contributed by atoms with E-state index in [0.717, 1.165) is 11.1 Å². The Morgan fingerprint density at radius 1 is 0.840 bits per heavy atom. The van der Waals surface area contributed by atoms with Crippen LogP contribution >= 0.6 is 0 Å². The molecule has 0 saturated carbocycles. The normalized spacial score (nSPS) is 10.9. The molecule has 2 N–H and O–H groups in total. The number of nitrogens with one attached hydrogen (secondary N) is 2. The number of rotatable bonds is 8. The second-order valence-corrected chi connectivity index (χ2v) is 4.64. The summed E-state index contributed by atoms with van der Waals surface area (Å²) in [5, 5.41) is 7.52. The Labute approximate surface area is 143 Å². The van der Waals surface area contributed by atoms with Crippen molar-refractivity contribution in [3.05, 3.63) is 60.2 Å². The summed E-state index contributed by atoms with van der Waals surface area (Å²) in [5.41, 5.74) is 6.16. The number of aromatic nitrogens is 2. The standard InChI is InChI=1S/C16H16N6O3/c23-15(21-19-9-13-1-5-17-6-2-13)11-25-12-16(24)22-20-10-14-3-7-18-8-4-14/h1-10H,11-12H2,(H,21,23)(H,22,24)/b19-9-,20-10+. The Kier molecular flexibility index (Phi) is 7.40. The first-order chi connectivity index (χ1) is 12.2. The lowest BCUT2D eigenvalue weighted by Crippen LogP contribution is -2.28. The quantitative estimate of drug-likeness (QED) is 0.522. The van der Waals surface area contributed by atoms with E-state index in [1.165, 1.54) is 12.4 Å².